The van der Waals surface area contributed by atoms with E-state index in [0.717, 1.165) is 10.1 Å². The van der Waals surface area contributed by atoms with Gasteiger partial charge in [-0.05, 0) is 17.7 Å². The van der Waals surface area contributed by atoms with Crippen molar-refractivity contribution in [2.24, 2.45) is 0 Å². The quantitative estimate of drug-likeness (QED) is 0.401. The number of fused-ring (bicyclic) bond motifs is 1. The molecule has 0 saturated heterocycles. The Hall–Kier alpha value is -3.72. The van der Waals surface area contributed by atoms with E-state index in [-0.39, 0.29) is 25.4 Å². The van der Waals surface area contributed by atoms with E-state index in [1.807, 2.05) is 30.3 Å². The molecule has 8 nitrogen and oxygen atoms in total. The van der Waals surface area contributed by atoms with Gasteiger partial charge in [-0.2, -0.15) is 0 Å². The average Bonchev–Trinajstić information content (AvgIpc) is 3.23. The first-order valence-electron chi connectivity index (χ1n) is 10.2. The van der Waals surface area contributed by atoms with E-state index in [2.05, 4.69) is 4.98 Å². The smallest absolute Gasteiger partial charge is 0.333 e. The number of benzene rings is 2. The Balaban J connectivity index is 1.74. The predicted octanol–water partition coefficient (Wildman–Crippen LogP) is 2.27. The molecule has 4 aromatic rings. The number of ether oxygens (including phenoxy) is 2. The van der Waals surface area contributed by atoms with Gasteiger partial charge in [0.25, 0.3) is 5.56 Å². The van der Waals surface area contributed by atoms with Crippen LogP contribution in [0, 0.1) is 5.82 Å². The summed E-state index contributed by atoms with van der Waals surface area (Å²) in [5.74, 6) is -0.439. The normalized spacial score (nSPS) is 11.2. The average molecular weight is 438 g/mol. The van der Waals surface area contributed by atoms with Crippen molar-refractivity contribution in [3.63, 3.8) is 0 Å². The van der Waals surface area contributed by atoms with Crippen LogP contribution in [-0.2, 0) is 24.4 Å². The maximum atomic E-state index is 13.8. The molecule has 0 aliphatic heterocycles. The molecule has 0 spiro atoms. The minimum Gasteiger partial charge on any atom is -0.489 e. The Morgan fingerprint density at radius 1 is 0.938 bits per heavy atom. The molecule has 0 amide bonds. The molecule has 4 rings (SSSR count). The van der Waals surface area contributed by atoms with Crippen molar-refractivity contribution in [1.82, 2.24) is 18.7 Å². The number of imidazole rings is 1. The van der Waals surface area contributed by atoms with Gasteiger partial charge in [0.15, 0.2) is 22.7 Å². The fraction of sp³-hybridized carbons (Fsp3) is 0.261. The SMILES string of the molecule is COCCn1cnc2c1c(=O)n(CCOc1ccccc1F)c(=O)n2Cc1ccccc1. The standard InChI is InChI=1S/C23H23FN4O4/c1-31-13-11-26-16-25-21-20(26)22(29)27(12-14-32-19-10-6-5-9-18(19)24)23(30)28(21)15-17-7-3-2-4-8-17/h2-10,16H,11-15H2,1H3. The molecule has 166 valence electrons. The van der Waals surface area contributed by atoms with Crippen LogP contribution in [0.3, 0.4) is 0 Å². The summed E-state index contributed by atoms with van der Waals surface area (Å²) >= 11 is 0. The zero-order valence-electron chi connectivity index (χ0n) is 17.6. The van der Waals surface area contributed by atoms with E-state index in [1.165, 1.54) is 23.0 Å². The van der Waals surface area contributed by atoms with E-state index in [4.69, 9.17) is 9.47 Å². The maximum Gasteiger partial charge on any atom is 0.333 e. The van der Waals surface area contributed by atoms with Crippen LogP contribution in [0.1, 0.15) is 5.56 Å². The van der Waals surface area contributed by atoms with Crippen molar-refractivity contribution >= 4 is 11.2 Å². The number of aromatic nitrogens is 4. The fourth-order valence-corrected chi connectivity index (χ4v) is 3.51. The minimum absolute atomic E-state index is 0.0355. The lowest BCUT2D eigenvalue weighted by Gasteiger charge is -2.13. The van der Waals surface area contributed by atoms with Crippen molar-refractivity contribution in [1.29, 1.82) is 0 Å². The minimum atomic E-state index is -0.505. The number of hydrogen-bond acceptors (Lipinski definition) is 5. The van der Waals surface area contributed by atoms with Gasteiger partial charge in [0.2, 0.25) is 0 Å². The molecular weight excluding hydrogens is 415 g/mol. The lowest BCUT2D eigenvalue weighted by molar-refractivity contribution is 0.188. The topological polar surface area (TPSA) is 80.3 Å². The van der Waals surface area contributed by atoms with Gasteiger partial charge in [0.1, 0.15) is 6.61 Å². The Morgan fingerprint density at radius 2 is 1.69 bits per heavy atom. The molecule has 0 atom stereocenters. The van der Waals surface area contributed by atoms with E-state index in [9.17, 15) is 14.0 Å². The molecule has 2 aromatic heterocycles. The second-order valence-corrected chi connectivity index (χ2v) is 7.19. The molecule has 0 fully saturated rings. The van der Waals surface area contributed by atoms with Gasteiger partial charge in [-0.15, -0.1) is 0 Å². The molecule has 0 N–H and O–H groups in total. The molecular formula is C23H23FN4O4. The van der Waals surface area contributed by atoms with Crippen LogP contribution >= 0.6 is 0 Å². The monoisotopic (exact) mass is 438 g/mol. The fourth-order valence-electron chi connectivity index (χ4n) is 3.51. The highest BCUT2D eigenvalue weighted by Crippen LogP contribution is 2.15. The maximum absolute atomic E-state index is 13.8. The number of halogens is 1. The van der Waals surface area contributed by atoms with Crippen LogP contribution in [0.5, 0.6) is 5.75 Å². The van der Waals surface area contributed by atoms with Gasteiger partial charge < -0.3 is 14.0 Å². The van der Waals surface area contributed by atoms with Crippen LogP contribution in [0.4, 0.5) is 4.39 Å². The van der Waals surface area contributed by atoms with Crippen LogP contribution in [0.15, 0.2) is 70.5 Å². The van der Waals surface area contributed by atoms with Crippen molar-refractivity contribution in [3.05, 3.63) is 93.1 Å². The Bertz CT molecular complexity index is 1330. The largest absolute Gasteiger partial charge is 0.489 e. The number of rotatable bonds is 9. The number of para-hydroxylation sites is 1. The third-order valence-corrected chi connectivity index (χ3v) is 5.11. The van der Waals surface area contributed by atoms with Crippen LogP contribution in [0.2, 0.25) is 0 Å². The van der Waals surface area contributed by atoms with Gasteiger partial charge in [-0.1, -0.05) is 42.5 Å². The molecule has 0 radical (unpaired) electrons. The first kappa shape index (κ1) is 21.5. The molecule has 32 heavy (non-hydrogen) atoms. The summed E-state index contributed by atoms with van der Waals surface area (Å²) in [4.78, 5) is 30.8. The van der Waals surface area contributed by atoms with Crippen LogP contribution in [-0.4, -0.2) is 39.0 Å². The zero-order valence-corrected chi connectivity index (χ0v) is 17.6. The molecule has 0 unspecified atom stereocenters. The third kappa shape index (κ3) is 4.33. The number of nitrogens with zero attached hydrogens (tertiary/aromatic N) is 4. The summed E-state index contributed by atoms with van der Waals surface area (Å²) in [6.45, 7) is 0.980. The van der Waals surface area contributed by atoms with Crippen molar-refractivity contribution in [3.8, 4) is 5.75 Å². The van der Waals surface area contributed by atoms with Gasteiger partial charge in [0.05, 0.1) is 26.0 Å². The molecule has 2 aromatic carbocycles. The van der Waals surface area contributed by atoms with E-state index >= 15 is 0 Å². The number of methoxy groups -OCH3 is 1. The Kier molecular flexibility index (Phi) is 6.46. The lowest BCUT2D eigenvalue weighted by Crippen LogP contribution is -2.42. The van der Waals surface area contributed by atoms with Crippen molar-refractivity contribution in [2.45, 2.75) is 19.6 Å². The summed E-state index contributed by atoms with van der Waals surface area (Å²) in [6, 6.07) is 15.4. The second kappa shape index (κ2) is 9.61. The molecule has 0 bridgehead atoms. The van der Waals surface area contributed by atoms with E-state index in [0.29, 0.717) is 24.3 Å². The summed E-state index contributed by atoms with van der Waals surface area (Å²) in [5, 5.41) is 0. The summed E-state index contributed by atoms with van der Waals surface area (Å²) in [6.07, 6.45) is 1.53. The lowest BCUT2D eigenvalue weighted by atomic mass is 10.2. The van der Waals surface area contributed by atoms with Crippen LogP contribution < -0.4 is 16.0 Å². The van der Waals surface area contributed by atoms with E-state index < -0.39 is 17.1 Å². The zero-order chi connectivity index (χ0) is 22.5. The third-order valence-electron chi connectivity index (χ3n) is 5.11. The Morgan fingerprint density at radius 3 is 2.44 bits per heavy atom. The Labute approximate surface area is 183 Å². The molecule has 0 aliphatic rings. The molecule has 9 heteroatoms. The second-order valence-electron chi connectivity index (χ2n) is 7.19. The van der Waals surface area contributed by atoms with Gasteiger partial charge in [-0.3, -0.25) is 13.9 Å². The van der Waals surface area contributed by atoms with Crippen LogP contribution in [0.25, 0.3) is 11.2 Å². The first-order chi connectivity index (χ1) is 15.6. The molecule has 2 heterocycles. The summed E-state index contributed by atoms with van der Waals surface area (Å²) in [5.41, 5.74) is 0.547. The van der Waals surface area contributed by atoms with Crippen molar-refractivity contribution < 1.29 is 13.9 Å². The highest BCUT2D eigenvalue weighted by atomic mass is 19.1. The number of hydrogen-bond donors (Lipinski definition) is 0. The highest BCUT2D eigenvalue weighted by molar-refractivity contribution is 5.70. The van der Waals surface area contributed by atoms with E-state index in [1.54, 1.807) is 23.8 Å². The summed E-state index contributed by atoms with van der Waals surface area (Å²) in [7, 11) is 1.57. The first-order valence-corrected chi connectivity index (χ1v) is 10.2. The molecule has 0 saturated carbocycles. The summed E-state index contributed by atoms with van der Waals surface area (Å²) < 4.78 is 28.7. The van der Waals surface area contributed by atoms with Gasteiger partial charge >= 0.3 is 5.69 Å². The highest BCUT2D eigenvalue weighted by Gasteiger charge is 2.18. The predicted molar refractivity (Wildman–Crippen MR) is 118 cm³/mol. The molecule has 0 aliphatic carbocycles. The van der Waals surface area contributed by atoms with Gasteiger partial charge in [0, 0.05) is 13.7 Å². The van der Waals surface area contributed by atoms with Crippen molar-refractivity contribution in [2.75, 3.05) is 20.3 Å². The van der Waals surface area contributed by atoms with Gasteiger partial charge in [-0.25, -0.2) is 14.2 Å².